The number of hydrogen-bond donors (Lipinski definition) is 4. The number of amides is 2. The second-order valence-corrected chi connectivity index (χ2v) is 11.7. The van der Waals surface area contributed by atoms with Crippen molar-refractivity contribution in [1.82, 2.24) is 20.6 Å². The summed E-state index contributed by atoms with van der Waals surface area (Å²) in [5.74, 6) is -1.95. The highest BCUT2D eigenvalue weighted by Gasteiger charge is 2.28. The van der Waals surface area contributed by atoms with Gasteiger partial charge in [0.2, 0.25) is 12.7 Å². The summed E-state index contributed by atoms with van der Waals surface area (Å²) in [6.07, 6.45) is 1.51. The van der Waals surface area contributed by atoms with E-state index in [0.717, 1.165) is 18.4 Å². The van der Waals surface area contributed by atoms with Crippen LogP contribution in [0.15, 0.2) is 41.8 Å². The Bertz CT molecular complexity index is 1410. The molecule has 0 aliphatic rings. The zero-order valence-corrected chi connectivity index (χ0v) is 25.7. The van der Waals surface area contributed by atoms with E-state index in [1.807, 2.05) is 6.07 Å². The van der Waals surface area contributed by atoms with Gasteiger partial charge < -0.3 is 30.5 Å². The van der Waals surface area contributed by atoms with Gasteiger partial charge in [0.15, 0.2) is 0 Å². The lowest BCUT2D eigenvalue weighted by Crippen LogP contribution is -2.49. The molecular weight excluding hydrogens is 574 g/mol. The molecule has 12 nitrogen and oxygen atoms in total. The van der Waals surface area contributed by atoms with E-state index in [1.54, 1.807) is 70.3 Å². The number of hydrogen-bond acceptors (Lipinski definition) is 11. The molecule has 230 valence electrons. The number of aromatic hydroxyl groups is 1. The summed E-state index contributed by atoms with van der Waals surface area (Å²) in [6, 6.07) is 9.12. The van der Waals surface area contributed by atoms with Gasteiger partial charge in [-0.2, -0.15) is 0 Å². The van der Waals surface area contributed by atoms with Gasteiger partial charge in [-0.15, -0.1) is 11.3 Å². The Labute approximate surface area is 254 Å². The summed E-state index contributed by atoms with van der Waals surface area (Å²) in [6.45, 7) is 7.93. The minimum Gasteiger partial charge on any atom is -0.508 e. The molecule has 0 radical (unpaired) electrons. The minimum atomic E-state index is -1.29. The van der Waals surface area contributed by atoms with Crippen LogP contribution < -0.4 is 16.0 Å². The molecule has 3 aromatic rings. The van der Waals surface area contributed by atoms with Crippen LogP contribution in [0.25, 0.3) is 0 Å². The Kier molecular flexibility index (Phi) is 11.6. The number of carbonyl (C=O) groups excluding carboxylic acids is 4. The Morgan fingerprint density at radius 2 is 1.72 bits per heavy atom. The van der Waals surface area contributed by atoms with Crippen LogP contribution in [0.1, 0.15) is 64.2 Å². The van der Waals surface area contributed by atoms with Crippen molar-refractivity contribution < 1.29 is 33.8 Å². The van der Waals surface area contributed by atoms with Gasteiger partial charge in [-0.05, 0) is 76.6 Å². The summed E-state index contributed by atoms with van der Waals surface area (Å²) in [4.78, 5) is 59.9. The number of phenolic OH excluding ortho intramolecular Hbond substituents is 1. The third-order valence-corrected chi connectivity index (χ3v) is 7.01. The summed E-state index contributed by atoms with van der Waals surface area (Å²) in [7, 11) is 0. The highest BCUT2D eigenvalue weighted by atomic mass is 32.1. The molecule has 0 unspecified atom stereocenters. The summed E-state index contributed by atoms with van der Waals surface area (Å²) < 4.78 is 10.1. The molecular formula is C30H37N5O7S. The predicted molar refractivity (Wildman–Crippen MR) is 161 cm³/mol. The maximum atomic E-state index is 13.3. The van der Waals surface area contributed by atoms with Crippen molar-refractivity contribution in [3.05, 3.63) is 69.2 Å². The number of ether oxygens (including phenoxy) is 2. The first kappa shape index (κ1) is 33.0. The summed E-state index contributed by atoms with van der Waals surface area (Å²) in [5.41, 5.74) is 1.15. The number of aromatic nitrogens is 2. The molecule has 2 heterocycles. The Hall–Kier alpha value is -4.52. The summed E-state index contributed by atoms with van der Waals surface area (Å²) in [5, 5.41) is 19.7. The molecule has 1 atom stereocenters. The van der Waals surface area contributed by atoms with Crippen LogP contribution in [0.3, 0.4) is 0 Å². The van der Waals surface area contributed by atoms with Gasteiger partial charge in [0, 0.05) is 13.1 Å². The topological polar surface area (TPSA) is 169 Å². The predicted octanol–water partition coefficient (Wildman–Crippen LogP) is 3.52. The molecule has 0 saturated heterocycles. The zero-order chi connectivity index (χ0) is 31.6. The van der Waals surface area contributed by atoms with Crippen LogP contribution in [0.2, 0.25) is 0 Å². The van der Waals surface area contributed by atoms with Crippen LogP contribution in [0.5, 0.6) is 5.75 Å². The third-order valence-electron chi connectivity index (χ3n) is 6.14. The van der Waals surface area contributed by atoms with Gasteiger partial charge in [0.05, 0.1) is 27.2 Å². The van der Waals surface area contributed by atoms with Crippen LogP contribution in [0, 0.1) is 19.3 Å². The van der Waals surface area contributed by atoms with E-state index in [2.05, 4.69) is 25.9 Å². The molecule has 0 spiro atoms. The lowest BCUT2D eigenvalue weighted by atomic mass is 9.98. The number of carbonyl (C=O) groups is 4. The molecule has 1 aromatic carbocycles. The molecule has 13 heteroatoms. The first-order valence-corrected chi connectivity index (χ1v) is 14.6. The number of nitrogens with zero attached hydrogens (tertiary/aromatic N) is 2. The molecule has 2 amide bonds. The van der Waals surface area contributed by atoms with Crippen molar-refractivity contribution in [3.63, 3.8) is 0 Å². The molecule has 3 rings (SSSR count). The monoisotopic (exact) mass is 611 g/mol. The second-order valence-electron chi connectivity index (χ2n) is 10.8. The van der Waals surface area contributed by atoms with E-state index in [9.17, 15) is 24.3 Å². The smallest absolute Gasteiger partial charge is 0.333 e. The maximum absolute atomic E-state index is 13.3. The molecule has 4 N–H and O–H groups in total. The highest BCUT2D eigenvalue weighted by Crippen LogP contribution is 2.16. The molecule has 0 aliphatic heterocycles. The fourth-order valence-corrected chi connectivity index (χ4v) is 4.54. The fourth-order valence-electron chi connectivity index (χ4n) is 3.90. The number of nitrogens with one attached hydrogen (secondary N) is 3. The zero-order valence-electron chi connectivity index (χ0n) is 24.9. The minimum absolute atomic E-state index is 0.173. The first-order chi connectivity index (χ1) is 20.3. The van der Waals surface area contributed by atoms with E-state index < -0.39 is 42.0 Å². The SMILES string of the molecule is Cc1nc(NCCCc2cccc(O)c2)nc(C)c1C(=O)N[C@@H](CNC(=O)c1cccs1)C(=O)OCOC(=O)C(C)(C)C. The average molecular weight is 612 g/mol. The molecule has 0 aliphatic carbocycles. The number of benzene rings is 1. The quantitative estimate of drug-likeness (QED) is 0.127. The van der Waals surface area contributed by atoms with Gasteiger partial charge in [0.1, 0.15) is 11.8 Å². The van der Waals surface area contributed by atoms with Crippen LogP contribution in [-0.4, -0.2) is 64.8 Å². The molecule has 43 heavy (non-hydrogen) atoms. The first-order valence-electron chi connectivity index (χ1n) is 13.7. The number of thiophene rings is 1. The van der Waals surface area contributed by atoms with E-state index >= 15 is 0 Å². The van der Waals surface area contributed by atoms with Gasteiger partial charge >= 0.3 is 11.9 Å². The number of anilines is 1. The second kappa shape index (κ2) is 15.1. The largest absolute Gasteiger partial charge is 0.508 e. The number of rotatable bonds is 13. The van der Waals surface area contributed by atoms with Crippen molar-refractivity contribution in [2.24, 2.45) is 5.41 Å². The van der Waals surface area contributed by atoms with E-state index in [0.29, 0.717) is 28.8 Å². The van der Waals surface area contributed by atoms with Gasteiger partial charge in [-0.25, -0.2) is 14.8 Å². The van der Waals surface area contributed by atoms with Gasteiger partial charge in [-0.3, -0.25) is 14.4 Å². The Morgan fingerprint density at radius 3 is 2.35 bits per heavy atom. The number of esters is 2. The number of aryl methyl sites for hydroxylation is 3. The molecule has 2 aromatic heterocycles. The van der Waals surface area contributed by atoms with Gasteiger partial charge in [-0.1, -0.05) is 18.2 Å². The Balaban J connectivity index is 1.64. The van der Waals surface area contributed by atoms with E-state index in [4.69, 9.17) is 9.47 Å². The lowest BCUT2D eigenvalue weighted by Gasteiger charge is -2.20. The summed E-state index contributed by atoms with van der Waals surface area (Å²) >= 11 is 1.23. The molecule has 0 fully saturated rings. The van der Waals surface area contributed by atoms with Crippen molar-refractivity contribution in [2.45, 2.75) is 53.5 Å². The Morgan fingerprint density at radius 1 is 1.00 bits per heavy atom. The standard InChI is InChI=1S/C30H37N5O7S/c1-18-24(19(2)34-29(33-18)31-13-7-10-20-9-6-11-21(36)15-20)26(38)35-22(16-32-25(37)23-12-8-14-43-23)27(39)41-17-42-28(40)30(3,4)5/h6,8-9,11-12,14-15,22,36H,7,10,13,16-17H2,1-5H3,(H,32,37)(H,35,38)(H,31,33,34)/t22-/m0/s1. The van der Waals surface area contributed by atoms with Crippen LogP contribution in [-0.2, 0) is 25.5 Å². The van der Waals surface area contributed by atoms with Crippen molar-refractivity contribution in [3.8, 4) is 5.75 Å². The molecule has 0 saturated carbocycles. The van der Waals surface area contributed by atoms with Crippen LogP contribution in [0.4, 0.5) is 5.95 Å². The van der Waals surface area contributed by atoms with Crippen molar-refractivity contribution >= 4 is 41.0 Å². The maximum Gasteiger partial charge on any atom is 0.333 e. The fraction of sp³-hybridized carbons (Fsp3) is 0.400. The number of phenols is 1. The van der Waals surface area contributed by atoms with Crippen LogP contribution >= 0.6 is 11.3 Å². The molecule has 0 bridgehead atoms. The van der Waals surface area contributed by atoms with E-state index in [1.165, 1.54) is 11.3 Å². The van der Waals surface area contributed by atoms with Crippen molar-refractivity contribution in [2.75, 3.05) is 25.2 Å². The normalized spacial score (nSPS) is 11.7. The highest BCUT2D eigenvalue weighted by molar-refractivity contribution is 7.12. The third kappa shape index (κ3) is 10.1. The lowest BCUT2D eigenvalue weighted by molar-refractivity contribution is -0.174. The average Bonchev–Trinajstić information content (AvgIpc) is 3.47. The van der Waals surface area contributed by atoms with E-state index in [-0.39, 0.29) is 17.9 Å². The van der Waals surface area contributed by atoms with Crippen molar-refractivity contribution in [1.29, 1.82) is 0 Å². The van der Waals surface area contributed by atoms with Gasteiger partial charge in [0.25, 0.3) is 11.8 Å².